The lowest BCUT2D eigenvalue weighted by atomic mass is 10.1. The summed E-state index contributed by atoms with van der Waals surface area (Å²) < 4.78 is 4.83. The summed E-state index contributed by atoms with van der Waals surface area (Å²) in [5, 5.41) is 11.7. The van der Waals surface area contributed by atoms with E-state index < -0.39 is 0 Å². The summed E-state index contributed by atoms with van der Waals surface area (Å²) in [6.07, 6.45) is 5.65. The van der Waals surface area contributed by atoms with Gasteiger partial charge in [0, 0.05) is 6.04 Å². The van der Waals surface area contributed by atoms with Crippen LogP contribution in [0, 0.1) is 17.2 Å². The minimum Gasteiger partial charge on any atom is -0.472 e. The number of nitriles is 1. The van der Waals surface area contributed by atoms with Gasteiger partial charge in [0.15, 0.2) is 0 Å². The molecule has 4 nitrogen and oxygen atoms in total. The zero-order valence-electron chi connectivity index (χ0n) is 8.27. The molecule has 1 aliphatic carbocycles. The van der Waals surface area contributed by atoms with E-state index in [9.17, 15) is 4.79 Å². The van der Waals surface area contributed by atoms with Gasteiger partial charge in [0.05, 0.1) is 23.8 Å². The average molecular weight is 204 g/mol. The Morgan fingerprint density at radius 1 is 1.60 bits per heavy atom. The van der Waals surface area contributed by atoms with E-state index in [1.54, 1.807) is 6.07 Å². The van der Waals surface area contributed by atoms with E-state index in [1.807, 2.05) is 0 Å². The first-order valence-corrected chi connectivity index (χ1v) is 5.04. The molecular weight excluding hydrogens is 192 g/mol. The molecule has 4 heteroatoms. The topological polar surface area (TPSA) is 66.0 Å². The summed E-state index contributed by atoms with van der Waals surface area (Å²) in [7, 11) is 0. The van der Waals surface area contributed by atoms with Crippen LogP contribution in [-0.2, 0) is 0 Å². The van der Waals surface area contributed by atoms with E-state index in [-0.39, 0.29) is 17.9 Å². The van der Waals surface area contributed by atoms with Crippen LogP contribution in [-0.4, -0.2) is 11.9 Å². The maximum atomic E-state index is 11.6. The van der Waals surface area contributed by atoms with Crippen molar-refractivity contribution in [3.63, 3.8) is 0 Å². The number of nitrogens with zero attached hydrogens (tertiary/aromatic N) is 1. The van der Waals surface area contributed by atoms with E-state index in [4.69, 9.17) is 9.68 Å². The molecule has 1 fully saturated rings. The van der Waals surface area contributed by atoms with Gasteiger partial charge in [-0.3, -0.25) is 4.79 Å². The van der Waals surface area contributed by atoms with Gasteiger partial charge in [-0.2, -0.15) is 5.26 Å². The Labute approximate surface area is 87.9 Å². The monoisotopic (exact) mass is 204 g/mol. The van der Waals surface area contributed by atoms with Crippen LogP contribution >= 0.6 is 0 Å². The predicted molar refractivity (Wildman–Crippen MR) is 52.9 cm³/mol. The maximum absolute atomic E-state index is 11.6. The maximum Gasteiger partial charge on any atom is 0.254 e. The van der Waals surface area contributed by atoms with E-state index >= 15 is 0 Å². The second-order valence-electron chi connectivity index (χ2n) is 3.76. The van der Waals surface area contributed by atoms with Crippen LogP contribution in [0.5, 0.6) is 0 Å². The minimum atomic E-state index is -0.157. The number of furan rings is 1. The Kier molecular flexibility index (Phi) is 2.72. The molecule has 0 aliphatic heterocycles. The normalized spacial score (nSPS) is 24.7. The fourth-order valence-corrected chi connectivity index (χ4v) is 1.93. The molecule has 1 aromatic rings. The fourth-order valence-electron chi connectivity index (χ4n) is 1.93. The molecule has 1 aliphatic rings. The third-order valence-corrected chi connectivity index (χ3v) is 2.78. The molecule has 2 atom stereocenters. The van der Waals surface area contributed by atoms with Crippen molar-refractivity contribution in [2.45, 2.75) is 25.3 Å². The highest BCUT2D eigenvalue weighted by atomic mass is 16.3. The van der Waals surface area contributed by atoms with Crippen molar-refractivity contribution in [2.75, 3.05) is 0 Å². The van der Waals surface area contributed by atoms with Crippen molar-refractivity contribution in [3.8, 4) is 6.07 Å². The van der Waals surface area contributed by atoms with E-state index in [2.05, 4.69) is 11.4 Å². The number of carbonyl (C=O) groups is 1. The zero-order chi connectivity index (χ0) is 10.7. The predicted octanol–water partition coefficient (Wildman–Crippen LogP) is 1.70. The largest absolute Gasteiger partial charge is 0.472 e. The highest BCUT2D eigenvalue weighted by molar-refractivity contribution is 5.94. The molecule has 0 saturated heterocycles. The zero-order valence-corrected chi connectivity index (χ0v) is 8.27. The van der Waals surface area contributed by atoms with Gasteiger partial charge in [-0.1, -0.05) is 0 Å². The lowest BCUT2D eigenvalue weighted by Crippen LogP contribution is -2.36. The quantitative estimate of drug-likeness (QED) is 0.797. The number of hydrogen-bond donors (Lipinski definition) is 1. The molecular formula is C11H12N2O2. The molecule has 2 unspecified atom stereocenters. The van der Waals surface area contributed by atoms with Gasteiger partial charge in [-0.15, -0.1) is 0 Å². The van der Waals surface area contributed by atoms with Crippen molar-refractivity contribution in [1.29, 1.82) is 5.26 Å². The van der Waals surface area contributed by atoms with E-state index in [0.717, 1.165) is 19.3 Å². The SMILES string of the molecule is N#CC1CCCC1NC(=O)c1ccoc1. The van der Waals surface area contributed by atoms with Crippen LogP contribution in [0.3, 0.4) is 0 Å². The minimum absolute atomic E-state index is 0.00241. The Morgan fingerprint density at radius 2 is 2.47 bits per heavy atom. The standard InChI is InChI=1S/C11H12N2O2/c12-6-8-2-1-3-10(8)13-11(14)9-4-5-15-7-9/h4-5,7-8,10H,1-3H2,(H,13,14). The number of rotatable bonds is 2. The molecule has 0 spiro atoms. The molecule has 0 bridgehead atoms. The summed E-state index contributed by atoms with van der Waals surface area (Å²) in [5.74, 6) is -0.197. The van der Waals surface area contributed by atoms with Crippen LogP contribution in [0.1, 0.15) is 29.6 Å². The van der Waals surface area contributed by atoms with Crippen LogP contribution in [0.4, 0.5) is 0 Å². The molecule has 78 valence electrons. The van der Waals surface area contributed by atoms with Crippen LogP contribution in [0.15, 0.2) is 23.0 Å². The summed E-state index contributed by atoms with van der Waals surface area (Å²) in [6.45, 7) is 0. The van der Waals surface area contributed by atoms with Gasteiger partial charge >= 0.3 is 0 Å². The van der Waals surface area contributed by atoms with Crippen LogP contribution < -0.4 is 5.32 Å². The first-order chi connectivity index (χ1) is 7.31. The van der Waals surface area contributed by atoms with Crippen LogP contribution in [0.2, 0.25) is 0 Å². The van der Waals surface area contributed by atoms with Gasteiger partial charge in [-0.05, 0) is 25.3 Å². The van der Waals surface area contributed by atoms with E-state index in [0.29, 0.717) is 5.56 Å². The van der Waals surface area contributed by atoms with Gasteiger partial charge in [0.25, 0.3) is 5.91 Å². The lowest BCUT2D eigenvalue weighted by Gasteiger charge is -2.14. The van der Waals surface area contributed by atoms with Gasteiger partial charge < -0.3 is 9.73 Å². The first kappa shape index (κ1) is 9.78. The van der Waals surface area contributed by atoms with Crippen LogP contribution in [0.25, 0.3) is 0 Å². The number of nitrogens with one attached hydrogen (secondary N) is 1. The highest BCUT2D eigenvalue weighted by Gasteiger charge is 2.28. The molecule has 1 heterocycles. The second kappa shape index (κ2) is 4.18. The van der Waals surface area contributed by atoms with Crippen molar-refractivity contribution < 1.29 is 9.21 Å². The summed E-state index contributed by atoms with van der Waals surface area (Å²) in [4.78, 5) is 11.6. The highest BCUT2D eigenvalue weighted by Crippen LogP contribution is 2.25. The van der Waals surface area contributed by atoms with Crippen molar-refractivity contribution in [1.82, 2.24) is 5.32 Å². The first-order valence-electron chi connectivity index (χ1n) is 5.04. The van der Waals surface area contributed by atoms with Crippen molar-refractivity contribution in [2.24, 2.45) is 5.92 Å². The summed E-state index contributed by atoms with van der Waals surface area (Å²) >= 11 is 0. The van der Waals surface area contributed by atoms with Gasteiger partial charge in [-0.25, -0.2) is 0 Å². The molecule has 0 aromatic carbocycles. The van der Waals surface area contributed by atoms with E-state index in [1.165, 1.54) is 12.5 Å². The lowest BCUT2D eigenvalue weighted by molar-refractivity contribution is 0.0932. The summed E-state index contributed by atoms with van der Waals surface area (Å²) in [5.41, 5.74) is 0.513. The third-order valence-electron chi connectivity index (χ3n) is 2.78. The van der Waals surface area contributed by atoms with Crippen molar-refractivity contribution in [3.05, 3.63) is 24.2 Å². The Bertz CT molecular complexity index is 378. The molecule has 15 heavy (non-hydrogen) atoms. The smallest absolute Gasteiger partial charge is 0.254 e. The molecule has 1 aromatic heterocycles. The van der Waals surface area contributed by atoms with Crippen molar-refractivity contribution >= 4 is 5.91 Å². The molecule has 1 N–H and O–H groups in total. The number of carbonyl (C=O) groups excluding carboxylic acids is 1. The Morgan fingerprint density at radius 3 is 3.13 bits per heavy atom. The van der Waals surface area contributed by atoms with Gasteiger partial charge in [0.2, 0.25) is 0 Å². The second-order valence-corrected chi connectivity index (χ2v) is 3.76. The average Bonchev–Trinajstić information content (AvgIpc) is 2.87. The Hall–Kier alpha value is -1.76. The Balaban J connectivity index is 1.98. The third kappa shape index (κ3) is 2.01. The van der Waals surface area contributed by atoms with Gasteiger partial charge in [0.1, 0.15) is 6.26 Å². The molecule has 0 radical (unpaired) electrons. The molecule has 1 amide bonds. The number of hydrogen-bond acceptors (Lipinski definition) is 3. The number of amides is 1. The fraction of sp³-hybridized carbons (Fsp3) is 0.455. The molecule has 2 rings (SSSR count). The molecule has 1 saturated carbocycles. The summed E-state index contributed by atoms with van der Waals surface area (Å²) in [6, 6.07) is 3.84.